The summed E-state index contributed by atoms with van der Waals surface area (Å²) in [6.07, 6.45) is 15.7. The van der Waals surface area contributed by atoms with Gasteiger partial charge in [0.25, 0.3) is 0 Å². The van der Waals surface area contributed by atoms with Crippen LogP contribution >= 0.6 is 0 Å². The molecule has 0 radical (unpaired) electrons. The van der Waals surface area contributed by atoms with Crippen molar-refractivity contribution in [2.45, 2.75) is 104 Å². The predicted octanol–water partition coefficient (Wildman–Crippen LogP) is 7.12. The lowest BCUT2D eigenvalue weighted by atomic mass is 9.47. The number of allylic oxidation sites excluding steroid dienone is 4. The van der Waals surface area contributed by atoms with Crippen molar-refractivity contribution in [2.24, 2.45) is 40.4 Å². The van der Waals surface area contributed by atoms with Crippen molar-refractivity contribution >= 4 is 11.6 Å². The van der Waals surface area contributed by atoms with Gasteiger partial charge in [-0.3, -0.25) is 9.59 Å². The van der Waals surface area contributed by atoms with Gasteiger partial charge in [-0.2, -0.15) is 0 Å². The Morgan fingerprint density at radius 2 is 1.81 bits per heavy atom. The maximum Gasteiger partial charge on any atom is 0.162 e. The van der Waals surface area contributed by atoms with Crippen molar-refractivity contribution in [1.29, 1.82) is 0 Å². The molecule has 0 heterocycles. The zero-order valence-corrected chi connectivity index (χ0v) is 20.4. The fraction of sp³-hybridized carbons (Fsp3) is 0.793. The van der Waals surface area contributed by atoms with Crippen LogP contribution in [0.15, 0.2) is 23.0 Å². The van der Waals surface area contributed by atoms with Crippen LogP contribution in [-0.2, 0) is 9.59 Å². The van der Waals surface area contributed by atoms with Gasteiger partial charge in [0.05, 0.1) is 5.76 Å². The van der Waals surface area contributed by atoms with E-state index >= 15 is 0 Å². The third kappa shape index (κ3) is 3.44. The summed E-state index contributed by atoms with van der Waals surface area (Å²) in [5.74, 6) is 4.44. The topological polar surface area (TPSA) is 54.4 Å². The van der Waals surface area contributed by atoms with Crippen LogP contribution in [0.25, 0.3) is 0 Å². The summed E-state index contributed by atoms with van der Waals surface area (Å²) in [6.45, 7) is 7.53. The summed E-state index contributed by atoms with van der Waals surface area (Å²) in [5, 5.41) is 9.99. The SMILES string of the molecule is C[C@H](CCCC1=C(O)CCC1=O)[C@H]1CC[C@H]2C3=CC[C@H]4CC(=O)CC[C@]4(C)C3CC[C@]12C. The molecule has 7 atom stereocenters. The number of carbonyl (C=O) groups excluding carboxylic acids is 2. The molecule has 0 aliphatic heterocycles. The Bertz CT molecular complexity index is 866. The number of hydrogen-bond donors (Lipinski definition) is 1. The average molecular weight is 439 g/mol. The Kier molecular flexibility index (Phi) is 5.70. The number of ketones is 2. The minimum absolute atomic E-state index is 0.168. The Morgan fingerprint density at radius 1 is 1.03 bits per heavy atom. The minimum atomic E-state index is 0.168. The lowest BCUT2D eigenvalue weighted by molar-refractivity contribution is -0.127. The quantitative estimate of drug-likeness (QED) is 0.465. The molecule has 0 aromatic heterocycles. The van der Waals surface area contributed by atoms with Crippen molar-refractivity contribution in [2.75, 3.05) is 0 Å². The molecule has 3 saturated carbocycles. The highest BCUT2D eigenvalue weighted by atomic mass is 16.3. The number of carbonyl (C=O) groups is 2. The monoisotopic (exact) mass is 438 g/mol. The molecule has 0 saturated heterocycles. The van der Waals surface area contributed by atoms with Gasteiger partial charge in [0, 0.05) is 31.3 Å². The zero-order valence-electron chi connectivity index (χ0n) is 20.4. The number of fused-ring (bicyclic) bond motifs is 5. The Labute approximate surface area is 194 Å². The van der Waals surface area contributed by atoms with Crippen LogP contribution in [0.5, 0.6) is 0 Å². The smallest absolute Gasteiger partial charge is 0.162 e. The van der Waals surface area contributed by atoms with E-state index in [1.807, 2.05) is 0 Å². The lowest BCUT2D eigenvalue weighted by Crippen LogP contribution is -2.49. The normalized spacial score (nSPS) is 42.4. The highest BCUT2D eigenvalue weighted by molar-refractivity contribution is 5.98. The second-order valence-electron chi connectivity index (χ2n) is 12.4. The second-order valence-corrected chi connectivity index (χ2v) is 12.4. The van der Waals surface area contributed by atoms with Crippen LogP contribution in [0, 0.1) is 40.4 Å². The zero-order chi connectivity index (χ0) is 22.7. The van der Waals surface area contributed by atoms with Crippen LogP contribution in [0.3, 0.4) is 0 Å². The summed E-state index contributed by atoms with van der Waals surface area (Å²) < 4.78 is 0. The van der Waals surface area contributed by atoms with E-state index < -0.39 is 0 Å². The van der Waals surface area contributed by atoms with E-state index in [4.69, 9.17) is 0 Å². The maximum atomic E-state index is 12.1. The molecular formula is C29H42O3. The van der Waals surface area contributed by atoms with Crippen LogP contribution in [0.4, 0.5) is 0 Å². The number of hydrogen-bond acceptors (Lipinski definition) is 3. The minimum Gasteiger partial charge on any atom is -0.512 e. The largest absolute Gasteiger partial charge is 0.512 e. The summed E-state index contributed by atoms with van der Waals surface area (Å²) in [6, 6.07) is 0. The fourth-order valence-electron chi connectivity index (χ4n) is 9.06. The van der Waals surface area contributed by atoms with Crippen molar-refractivity contribution in [3.63, 3.8) is 0 Å². The van der Waals surface area contributed by atoms with Crippen molar-refractivity contribution < 1.29 is 14.7 Å². The van der Waals surface area contributed by atoms with Gasteiger partial charge in [0.1, 0.15) is 5.78 Å². The second kappa shape index (κ2) is 8.13. The summed E-state index contributed by atoms with van der Waals surface area (Å²) in [7, 11) is 0. The molecule has 1 unspecified atom stereocenters. The first kappa shape index (κ1) is 22.4. The van der Waals surface area contributed by atoms with Gasteiger partial charge in [0.15, 0.2) is 5.78 Å². The van der Waals surface area contributed by atoms with Gasteiger partial charge in [-0.05, 0) is 91.8 Å². The molecule has 176 valence electrons. The van der Waals surface area contributed by atoms with Gasteiger partial charge in [-0.1, -0.05) is 38.8 Å². The third-order valence-corrected chi connectivity index (χ3v) is 11.0. The van der Waals surface area contributed by atoms with Gasteiger partial charge in [0.2, 0.25) is 0 Å². The van der Waals surface area contributed by atoms with E-state index in [0.717, 1.165) is 56.8 Å². The number of aliphatic hydroxyl groups excluding tert-OH is 1. The molecule has 0 aromatic carbocycles. The van der Waals surface area contributed by atoms with Crippen LogP contribution in [0.1, 0.15) is 104 Å². The predicted molar refractivity (Wildman–Crippen MR) is 127 cm³/mol. The standard InChI is InChI=1S/C29H42O3/c1-18(5-4-6-22-26(31)11-12-27(22)32)23-9-10-24-21-8-7-19-17-20(30)13-15-28(19,2)25(21)14-16-29(23,24)3/h8,18-19,23-25,31H,4-7,9-17H2,1-3H3/t18-,19+,23-,24+,25?,28+,29-/m1/s1. The first-order valence-electron chi connectivity index (χ1n) is 13.4. The Morgan fingerprint density at radius 3 is 2.56 bits per heavy atom. The Balaban J connectivity index is 1.27. The van der Waals surface area contributed by atoms with Gasteiger partial charge in [-0.15, -0.1) is 0 Å². The molecule has 0 bridgehead atoms. The first-order chi connectivity index (χ1) is 15.2. The molecule has 0 aromatic rings. The molecule has 0 amide bonds. The summed E-state index contributed by atoms with van der Waals surface area (Å²) in [4.78, 5) is 24.1. The molecule has 1 N–H and O–H groups in total. The van der Waals surface area contributed by atoms with Crippen molar-refractivity contribution in [3.8, 4) is 0 Å². The summed E-state index contributed by atoms with van der Waals surface area (Å²) >= 11 is 0. The highest BCUT2D eigenvalue weighted by Crippen LogP contribution is 2.66. The lowest BCUT2D eigenvalue weighted by Gasteiger charge is -2.57. The molecule has 32 heavy (non-hydrogen) atoms. The molecule has 0 spiro atoms. The average Bonchev–Trinajstić information content (AvgIpc) is 3.27. The van der Waals surface area contributed by atoms with Gasteiger partial charge < -0.3 is 5.11 Å². The Hall–Kier alpha value is -1.38. The van der Waals surface area contributed by atoms with E-state index in [2.05, 4.69) is 26.8 Å². The molecule has 5 aliphatic rings. The first-order valence-corrected chi connectivity index (χ1v) is 13.4. The highest BCUT2D eigenvalue weighted by Gasteiger charge is 2.58. The fourth-order valence-corrected chi connectivity index (χ4v) is 9.06. The van der Waals surface area contributed by atoms with Gasteiger partial charge in [-0.25, -0.2) is 0 Å². The summed E-state index contributed by atoms with van der Waals surface area (Å²) in [5.41, 5.74) is 3.23. The molecule has 5 rings (SSSR count). The molecule has 3 fully saturated rings. The van der Waals surface area contributed by atoms with Crippen LogP contribution in [-0.4, -0.2) is 16.7 Å². The molecular weight excluding hydrogens is 396 g/mol. The van der Waals surface area contributed by atoms with Crippen LogP contribution in [0.2, 0.25) is 0 Å². The van der Waals surface area contributed by atoms with Gasteiger partial charge >= 0.3 is 0 Å². The number of aliphatic hydroxyl groups is 1. The van der Waals surface area contributed by atoms with Crippen molar-refractivity contribution in [3.05, 3.63) is 23.0 Å². The van der Waals surface area contributed by atoms with Crippen molar-refractivity contribution in [1.82, 2.24) is 0 Å². The number of Topliss-reactive ketones (excluding diaryl/α,β-unsaturated/α-hetero) is 2. The van der Waals surface area contributed by atoms with Crippen LogP contribution < -0.4 is 0 Å². The third-order valence-electron chi connectivity index (χ3n) is 11.0. The van der Waals surface area contributed by atoms with E-state index in [-0.39, 0.29) is 5.78 Å². The van der Waals surface area contributed by atoms with E-state index in [1.165, 1.54) is 25.7 Å². The number of rotatable bonds is 5. The molecule has 3 heteroatoms. The maximum absolute atomic E-state index is 12.1. The molecule has 3 nitrogen and oxygen atoms in total. The van der Waals surface area contributed by atoms with E-state index in [9.17, 15) is 14.7 Å². The van der Waals surface area contributed by atoms with E-state index in [0.29, 0.717) is 58.5 Å². The van der Waals surface area contributed by atoms with E-state index in [1.54, 1.807) is 5.57 Å². The molecule has 5 aliphatic carbocycles.